The van der Waals surface area contributed by atoms with Gasteiger partial charge < -0.3 is 4.57 Å². The van der Waals surface area contributed by atoms with Crippen LogP contribution in [0.15, 0.2) is 12.1 Å². The van der Waals surface area contributed by atoms with Gasteiger partial charge in [0.05, 0.1) is 11.6 Å². The molecule has 2 aromatic heterocycles. The van der Waals surface area contributed by atoms with E-state index in [9.17, 15) is 8.42 Å². The van der Waals surface area contributed by atoms with Gasteiger partial charge in [0, 0.05) is 18.0 Å². The first-order valence-corrected chi connectivity index (χ1v) is 8.49. The van der Waals surface area contributed by atoms with Crippen LogP contribution in [0.4, 0.5) is 0 Å². The molecule has 104 valence electrons. The molecule has 2 rings (SSSR count). The summed E-state index contributed by atoms with van der Waals surface area (Å²) in [6.45, 7) is 3.72. The monoisotopic (exact) mass is 301 g/mol. The minimum Gasteiger partial charge on any atom is -0.308 e. The number of pyridine rings is 1. The summed E-state index contributed by atoms with van der Waals surface area (Å²) in [4.78, 5) is 8.84. The SMILES string of the molecule is Cc1ccc2nc(CCl)n(C(C)CS(C)(=O)=O)c2n1. The van der Waals surface area contributed by atoms with Crippen LogP contribution in [0.2, 0.25) is 0 Å². The molecule has 0 aliphatic rings. The largest absolute Gasteiger partial charge is 0.308 e. The summed E-state index contributed by atoms with van der Waals surface area (Å²) >= 11 is 5.90. The van der Waals surface area contributed by atoms with Crippen LogP contribution in [0.25, 0.3) is 11.2 Å². The van der Waals surface area contributed by atoms with E-state index in [4.69, 9.17) is 11.6 Å². The summed E-state index contributed by atoms with van der Waals surface area (Å²) in [5, 5.41) is 0. The van der Waals surface area contributed by atoms with Gasteiger partial charge in [-0.15, -0.1) is 11.6 Å². The maximum atomic E-state index is 11.5. The van der Waals surface area contributed by atoms with Crippen molar-refractivity contribution in [1.29, 1.82) is 0 Å². The van der Waals surface area contributed by atoms with Crippen LogP contribution in [0.1, 0.15) is 24.5 Å². The molecule has 1 atom stereocenters. The van der Waals surface area contributed by atoms with E-state index in [1.54, 1.807) is 0 Å². The maximum Gasteiger partial charge on any atom is 0.160 e. The van der Waals surface area contributed by atoms with Crippen LogP contribution in [0.5, 0.6) is 0 Å². The Balaban J connectivity index is 2.59. The number of fused-ring (bicyclic) bond motifs is 1. The molecule has 0 bridgehead atoms. The number of halogens is 1. The van der Waals surface area contributed by atoms with Gasteiger partial charge in [0.1, 0.15) is 21.2 Å². The van der Waals surface area contributed by atoms with Crippen molar-refractivity contribution in [3.8, 4) is 0 Å². The van der Waals surface area contributed by atoms with E-state index in [-0.39, 0.29) is 17.7 Å². The first-order chi connectivity index (χ1) is 8.81. The van der Waals surface area contributed by atoms with Gasteiger partial charge >= 0.3 is 0 Å². The number of imidazole rings is 1. The highest BCUT2D eigenvalue weighted by Gasteiger charge is 2.19. The number of alkyl halides is 1. The fraction of sp³-hybridized carbons (Fsp3) is 0.500. The van der Waals surface area contributed by atoms with Crippen LogP contribution in [0, 0.1) is 6.92 Å². The van der Waals surface area contributed by atoms with Crippen molar-refractivity contribution in [2.45, 2.75) is 25.8 Å². The second-order valence-corrected chi connectivity index (χ2v) is 7.22. The summed E-state index contributed by atoms with van der Waals surface area (Å²) in [5.74, 6) is 0.910. The van der Waals surface area contributed by atoms with Gasteiger partial charge in [-0.2, -0.15) is 0 Å². The van der Waals surface area contributed by atoms with Crippen molar-refractivity contribution >= 4 is 32.6 Å². The molecule has 0 saturated heterocycles. The predicted molar refractivity (Wildman–Crippen MR) is 76.2 cm³/mol. The molecule has 2 heterocycles. The Hall–Kier alpha value is -1.14. The van der Waals surface area contributed by atoms with E-state index >= 15 is 0 Å². The van der Waals surface area contributed by atoms with E-state index in [2.05, 4.69) is 9.97 Å². The maximum absolute atomic E-state index is 11.5. The van der Waals surface area contributed by atoms with Gasteiger partial charge in [0.15, 0.2) is 5.65 Å². The molecule has 0 aliphatic carbocycles. The molecule has 1 unspecified atom stereocenters. The van der Waals surface area contributed by atoms with Gasteiger partial charge in [-0.1, -0.05) is 0 Å². The summed E-state index contributed by atoms with van der Waals surface area (Å²) in [6.07, 6.45) is 1.22. The van der Waals surface area contributed by atoms with Crippen molar-refractivity contribution in [2.24, 2.45) is 0 Å². The number of hydrogen-bond acceptors (Lipinski definition) is 4. The normalized spacial score (nSPS) is 13.9. The average Bonchev–Trinajstić information content (AvgIpc) is 2.64. The number of aromatic nitrogens is 3. The quantitative estimate of drug-likeness (QED) is 0.811. The van der Waals surface area contributed by atoms with E-state index in [1.165, 1.54) is 6.26 Å². The summed E-state index contributed by atoms with van der Waals surface area (Å²) < 4.78 is 24.7. The molecule has 19 heavy (non-hydrogen) atoms. The zero-order valence-corrected chi connectivity index (χ0v) is 12.7. The second-order valence-electron chi connectivity index (χ2n) is 4.77. The highest BCUT2D eigenvalue weighted by atomic mass is 35.5. The molecular formula is C12H16ClN3O2S. The highest BCUT2D eigenvalue weighted by Crippen LogP contribution is 2.22. The topological polar surface area (TPSA) is 64.8 Å². The molecule has 0 N–H and O–H groups in total. The van der Waals surface area contributed by atoms with Crippen molar-refractivity contribution < 1.29 is 8.42 Å². The van der Waals surface area contributed by atoms with Crippen molar-refractivity contribution in [3.05, 3.63) is 23.7 Å². The summed E-state index contributed by atoms with van der Waals surface area (Å²) in [5.41, 5.74) is 2.29. The molecule has 0 saturated carbocycles. The molecule has 0 amide bonds. The number of rotatable bonds is 4. The lowest BCUT2D eigenvalue weighted by Crippen LogP contribution is -2.18. The van der Waals surface area contributed by atoms with E-state index in [1.807, 2.05) is 30.5 Å². The minimum absolute atomic E-state index is 0.0397. The molecule has 5 nitrogen and oxygen atoms in total. The van der Waals surface area contributed by atoms with E-state index in [0.717, 1.165) is 11.2 Å². The molecule has 0 fully saturated rings. The fourth-order valence-electron chi connectivity index (χ4n) is 2.19. The zero-order valence-electron chi connectivity index (χ0n) is 11.1. The number of nitrogens with zero attached hydrogens (tertiary/aromatic N) is 3. The van der Waals surface area contributed by atoms with E-state index < -0.39 is 9.84 Å². The van der Waals surface area contributed by atoms with Crippen molar-refractivity contribution in [1.82, 2.24) is 14.5 Å². The summed E-state index contributed by atoms with van der Waals surface area (Å²) in [7, 11) is -3.07. The Morgan fingerprint density at radius 2 is 2.05 bits per heavy atom. The molecule has 7 heteroatoms. The van der Waals surface area contributed by atoms with Crippen LogP contribution >= 0.6 is 11.6 Å². The summed E-state index contributed by atoms with van der Waals surface area (Å²) in [6, 6.07) is 3.50. The molecule has 2 aromatic rings. The lowest BCUT2D eigenvalue weighted by molar-refractivity contribution is 0.559. The number of sulfone groups is 1. The van der Waals surface area contributed by atoms with Crippen LogP contribution in [0.3, 0.4) is 0 Å². The molecule has 0 spiro atoms. The van der Waals surface area contributed by atoms with Crippen molar-refractivity contribution in [2.75, 3.05) is 12.0 Å². The third-order valence-electron chi connectivity index (χ3n) is 2.85. The van der Waals surface area contributed by atoms with Gasteiger partial charge in [0.25, 0.3) is 0 Å². The smallest absolute Gasteiger partial charge is 0.160 e. The lowest BCUT2D eigenvalue weighted by Gasteiger charge is -2.15. The first kappa shape index (κ1) is 14.3. The van der Waals surface area contributed by atoms with Gasteiger partial charge in [0.2, 0.25) is 0 Å². The fourth-order valence-corrected chi connectivity index (χ4v) is 3.40. The minimum atomic E-state index is -3.07. The number of aryl methyl sites for hydroxylation is 1. The van der Waals surface area contributed by atoms with Gasteiger partial charge in [-0.25, -0.2) is 18.4 Å². The van der Waals surface area contributed by atoms with Crippen LogP contribution in [-0.4, -0.2) is 35.0 Å². The Morgan fingerprint density at radius 3 is 2.63 bits per heavy atom. The Bertz CT molecular complexity index is 709. The number of hydrogen-bond donors (Lipinski definition) is 0. The third kappa shape index (κ3) is 3.06. The zero-order chi connectivity index (χ0) is 14.2. The Kier molecular flexibility index (Phi) is 3.82. The average molecular weight is 302 g/mol. The lowest BCUT2D eigenvalue weighted by atomic mass is 10.3. The standard InChI is InChI=1S/C12H16ClN3O2S/c1-8-4-5-10-12(14-8)16(11(6-13)15-10)9(2)7-19(3,17)18/h4-5,9H,6-7H2,1-3H3. The Morgan fingerprint density at radius 1 is 1.37 bits per heavy atom. The molecular weight excluding hydrogens is 286 g/mol. The molecule has 0 aromatic carbocycles. The third-order valence-corrected chi connectivity index (χ3v) is 4.18. The second kappa shape index (κ2) is 5.09. The first-order valence-electron chi connectivity index (χ1n) is 5.90. The van der Waals surface area contributed by atoms with E-state index in [0.29, 0.717) is 11.5 Å². The predicted octanol–water partition coefficient (Wildman–Crippen LogP) is 2.08. The van der Waals surface area contributed by atoms with Crippen LogP contribution in [-0.2, 0) is 15.7 Å². The van der Waals surface area contributed by atoms with Gasteiger partial charge in [-0.3, -0.25) is 0 Å². The van der Waals surface area contributed by atoms with Crippen LogP contribution < -0.4 is 0 Å². The highest BCUT2D eigenvalue weighted by molar-refractivity contribution is 7.90. The van der Waals surface area contributed by atoms with Gasteiger partial charge in [-0.05, 0) is 26.0 Å². The molecule has 0 radical (unpaired) electrons. The molecule has 0 aliphatic heterocycles. The van der Waals surface area contributed by atoms with Crippen molar-refractivity contribution in [3.63, 3.8) is 0 Å². The Labute approximate surface area is 117 Å².